The van der Waals surface area contributed by atoms with Gasteiger partial charge in [-0.25, -0.2) is 4.79 Å². The van der Waals surface area contributed by atoms with E-state index in [-0.39, 0.29) is 18.1 Å². The highest BCUT2D eigenvalue weighted by Gasteiger charge is 2.27. The third kappa shape index (κ3) is 7.45. The van der Waals surface area contributed by atoms with Crippen LogP contribution in [-0.4, -0.2) is 54.5 Å². The van der Waals surface area contributed by atoms with E-state index in [0.717, 1.165) is 39.0 Å². The molecular formula is C17H34N2O3. The number of aliphatic hydroxyl groups is 1. The standard InChI is InChI=1S/C17H34N2O3/c1-16(2,3)22-15(21)19-10-6-7-14(11-19)8-9-18-12-17(4,5)13-20/h14,18,20H,6-13H2,1-5H3. The van der Waals surface area contributed by atoms with Gasteiger partial charge in [0, 0.05) is 31.7 Å². The van der Waals surface area contributed by atoms with Crippen molar-refractivity contribution in [2.75, 3.05) is 32.8 Å². The predicted octanol–water partition coefficient (Wildman–Crippen LogP) is 2.63. The smallest absolute Gasteiger partial charge is 0.410 e. The molecule has 0 spiro atoms. The lowest BCUT2D eigenvalue weighted by Gasteiger charge is -2.34. The first-order valence-electron chi connectivity index (χ1n) is 8.42. The second-order valence-electron chi connectivity index (χ2n) is 8.22. The van der Waals surface area contributed by atoms with Crippen LogP contribution >= 0.6 is 0 Å². The monoisotopic (exact) mass is 314 g/mol. The highest BCUT2D eigenvalue weighted by atomic mass is 16.6. The van der Waals surface area contributed by atoms with Crippen molar-refractivity contribution in [1.82, 2.24) is 10.2 Å². The van der Waals surface area contributed by atoms with E-state index in [2.05, 4.69) is 5.32 Å². The minimum Gasteiger partial charge on any atom is -0.444 e. The fourth-order valence-electron chi connectivity index (χ4n) is 2.58. The van der Waals surface area contributed by atoms with Crippen molar-refractivity contribution in [3.05, 3.63) is 0 Å². The van der Waals surface area contributed by atoms with Crippen molar-refractivity contribution in [1.29, 1.82) is 0 Å². The van der Waals surface area contributed by atoms with E-state index in [1.807, 2.05) is 39.5 Å². The summed E-state index contributed by atoms with van der Waals surface area (Å²) in [6.07, 6.45) is 3.09. The second kappa shape index (κ2) is 8.16. The zero-order chi connectivity index (χ0) is 16.8. The second-order valence-corrected chi connectivity index (χ2v) is 8.22. The van der Waals surface area contributed by atoms with Gasteiger partial charge in [0.05, 0.1) is 0 Å². The molecule has 0 bridgehead atoms. The van der Waals surface area contributed by atoms with Crippen LogP contribution in [0.2, 0.25) is 0 Å². The summed E-state index contributed by atoms with van der Waals surface area (Å²) in [6, 6.07) is 0. The fourth-order valence-corrected chi connectivity index (χ4v) is 2.58. The molecule has 1 fully saturated rings. The molecule has 0 aromatic rings. The molecule has 2 N–H and O–H groups in total. The van der Waals surface area contributed by atoms with Gasteiger partial charge in [0.15, 0.2) is 0 Å². The maximum Gasteiger partial charge on any atom is 0.410 e. The number of carbonyl (C=O) groups is 1. The number of nitrogens with one attached hydrogen (secondary N) is 1. The molecule has 1 heterocycles. The molecule has 1 rings (SSSR count). The quantitative estimate of drug-likeness (QED) is 0.740. The Labute approximate surface area is 135 Å². The highest BCUT2D eigenvalue weighted by molar-refractivity contribution is 5.68. The predicted molar refractivity (Wildman–Crippen MR) is 88.9 cm³/mol. The van der Waals surface area contributed by atoms with E-state index in [1.54, 1.807) is 0 Å². The molecule has 0 saturated carbocycles. The Morgan fingerprint density at radius 2 is 2.00 bits per heavy atom. The Morgan fingerprint density at radius 3 is 2.59 bits per heavy atom. The first-order chi connectivity index (χ1) is 10.1. The van der Waals surface area contributed by atoms with Crippen LogP contribution in [-0.2, 0) is 4.74 Å². The SMILES string of the molecule is CC(C)(CO)CNCCC1CCCN(C(=O)OC(C)(C)C)C1. The minimum absolute atomic E-state index is 0.0743. The Balaban J connectivity index is 2.30. The molecular weight excluding hydrogens is 280 g/mol. The van der Waals surface area contributed by atoms with Crippen molar-refractivity contribution in [2.24, 2.45) is 11.3 Å². The Hall–Kier alpha value is -0.810. The van der Waals surface area contributed by atoms with Crippen LogP contribution in [0.4, 0.5) is 4.79 Å². The molecule has 1 aliphatic heterocycles. The van der Waals surface area contributed by atoms with E-state index < -0.39 is 5.60 Å². The molecule has 1 atom stereocenters. The molecule has 5 heteroatoms. The molecule has 1 unspecified atom stereocenters. The average Bonchev–Trinajstić information content (AvgIpc) is 2.42. The maximum absolute atomic E-state index is 12.1. The Bertz CT molecular complexity index is 350. The average molecular weight is 314 g/mol. The summed E-state index contributed by atoms with van der Waals surface area (Å²) in [4.78, 5) is 14.0. The van der Waals surface area contributed by atoms with Gasteiger partial charge in [0.2, 0.25) is 0 Å². The first kappa shape index (κ1) is 19.2. The van der Waals surface area contributed by atoms with Gasteiger partial charge >= 0.3 is 6.09 Å². The van der Waals surface area contributed by atoms with Crippen molar-refractivity contribution >= 4 is 6.09 Å². The van der Waals surface area contributed by atoms with E-state index in [1.165, 1.54) is 6.42 Å². The summed E-state index contributed by atoms with van der Waals surface area (Å²) in [7, 11) is 0. The fraction of sp³-hybridized carbons (Fsp3) is 0.941. The molecule has 1 saturated heterocycles. The van der Waals surface area contributed by atoms with Gasteiger partial charge in [0.25, 0.3) is 0 Å². The van der Waals surface area contributed by atoms with E-state index in [4.69, 9.17) is 4.74 Å². The molecule has 22 heavy (non-hydrogen) atoms. The molecule has 1 amide bonds. The molecule has 5 nitrogen and oxygen atoms in total. The largest absolute Gasteiger partial charge is 0.444 e. The topological polar surface area (TPSA) is 61.8 Å². The maximum atomic E-state index is 12.1. The third-order valence-corrected chi connectivity index (χ3v) is 3.93. The van der Waals surface area contributed by atoms with E-state index >= 15 is 0 Å². The minimum atomic E-state index is -0.429. The summed E-state index contributed by atoms with van der Waals surface area (Å²) >= 11 is 0. The Kier molecular flexibility index (Phi) is 7.13. The normalized spacial score (nSPS) is 20.1. The summed E-state index contributed by atoms with van der Waals surface area (Å²) < 4.78 is 5.45. The van der Waals surface area contributed by atoms with Crippen LogP contribution in [0, 0.1) is 11.3 Å². The van der Waals surface area contributed by atoms with Crippen molar-refractivity contribution in [3.8, 4) is 0 Å². The number of carbonyl (C=O) groups excluding carboxylic acids is 1. The van der Waals surface area contributed by atoms with Gasteiger partial charge in [-0.05, 0) is 52.5 Å². The van der Waals surface area contributed by atoms with Crippen LogP contribution < -0.4 is 5.32 Å². The molecule has 0 aromatic carbocycles. The van der Waals surface area contributed by atoms with Gasteiger partial charge in [0.1, 0.15) is 5.60 Å². The zero-order valence-corrected chi connectivity index (χ0v) is 14.9. The third-order valence-electron chi connectivity index (χ3n) is 3.93. The number of rotatable bonds is 6. The first-order valence-corrected chi connectivity index (χ1v) is 8.42. The summed E-state index contributed by atoms with van der Waals surface area (Å²) in [5, 5.41) is 12.6. The van der Waals surface area contributed by atoms with Crippen molar-refractivity contribution < 1.29 is 14.6 Å². The number of amides is 1. The number of likely N-dealkylation sites (tertiary alicyclic amines) is 1. The number of piperidine rings is 1. The number of nitrogens with zero attached hydrogens (tertiary/aromatic N) is 1. The van der Waals surface area contributed by atoms with Crippen LogP contribution in [0.3, 0.4) is 0 Å². The summed E-state index contributed by atoms with van der Waals surface area (Å²) in [6.45, 7) is 13.3. The molecule has 0 aromatic heterocycles. The van der Waals surface area contributed by atoms with Crippen LogP contribution in [0.15, 0.2) is 0 Å². The van der Waals surface area contributed by atoms with Gasteiger partial charge in [-0.2, -0.15) is 0 Å². The van der Waals surface area contributed by atoms with Crippen molar-refractivity contribution in [3.63, 3.8) is 0 Å². The zero-order valence-electron chi connectivity index (χ0n) is 14.9. The van der Waals surface area contributed by atoms with E-state index in [9.17, 15) is 9.90 Å². The lowest BCUT2D eigenvalue weighted by molar-refractivity contribution is 0.0161. The van der Waals surface area contributed by atoms with E-state index in [0.29, 0.717) is 5.92 Å². The van der Waals surface area contributed by atoms with Gasteiger partial charge in [-0.15, -0.1) is 0 Å². The number of ether oxygens (including phenoxy) is 1. The van der Waals surface area contributed by atoms with Gasteiger partial charge in [-0.3, -0.25) is 0 Å². The van der Waals surface area contributed by atoms with Crippen LogP contribution in [0.1, 0.15) is 53.9 Å². The van der Waals surface area contributed by atoms with Gasteiger partial charge < -0.3 is 20.1 Å². The van der Waals surface area contributed by atoms with Crippen LogP contribution in [0.5, 0.6) is 0 Å². The summed E-state index contributed by atoms with van der Waals surface area (Å²) in [5.74, 6) is 0.533. The van der Waals surface area contributed by atoms with Gasteiger partial charge in [-0.1, -0.05) is 13.8 Å². The Morgan fingerprint density at radius 1 is 1.32 bits per heavy atom. The summed E-state index contributed by atoms with van der Waals surface area (Å²) in [5.41, 5.74) is -0.503. The molecule has 0 radical (unpaired) electrons. The van der Waals surface area contributed by atoms with Crippen LogP contribution in [0.25, 0.3) is 0 Å². The lowest BCUT2D eigenvalue weighted by atomic mass is 9.93. The lowest BCUT2D eigenvalue weighted by Crippen LogP contribution is -2.43. The highest BCUT2D eigenvalue weighted by Crippen LogP contribution is 2.21. The molecule has 0 aliphatic carbocycles. The number of aliphatic hydroxyl groups excluding tert-OH is 1. The van der Waals surface area contributed by atoms with Crippen molar-refractivity contribution in [2.45, 2.75) is 59.5 Å². The number of hydrogen-bond donors (Lipinski definition) is 2. The molecule has 1 aliphatic rings. The molecule has 130 valence electrons. The number of hydrogen-bond acceptors (Lipinski definition) is 4.